The summed E-state index contributed by atoms with van der Waals surface area (Å²) in [5.74, 6) is 2.01. The molecule has 1 aromatic rings. The topological polar surface area (TPSA) is 28.2 Å². The molecule has 14 heavy (non-hydrogen) atoms. The molecule has 0 amide bonds. The van der Waals surface area contributed by atoms with Crippen molar-refractivity contribution < 1.29 is 0 Å². The molecule has 3 nitrogen and oxygen atoms in total. The van der Waals surface area contributed by atoms with Gasteiger partial charge in [0.05, 0.1) is 0 Å². The van der Waals surface area contributed by atoms with Gasteiger partial charge in [0, 0.05) is 20.1 Å². The van der Waals surface area contributed by atoms with Gasteiger partial charge in [0.15, 0.2) is 0 Å². The molecule has 0 spiro atoms. The number of nitrogens with one attached hydrogen (secondary N) is 1. The standard InChI is InChI=1S/C11H19N3/c1-5-12-10-8-7-9(3)11(13-10)14(4)6-2/h7-8H,5-6H2,1-4H3,(H,12,13). The van der Waals surface area contributed by atoms with E-state index in [2.05, 4.69) is 49.1 Å². The number of anilines is 2. The van der Waals surface area contributed by atoms with Crippen molar-refractivity contribution >= 4 is 11.6 Å². The van der Waals surface area contributed by atoms with Crippen molar-refractivity contribution in [1.29, 1.82) is 0 Å². The third-order valence-corrected chi connectivity index (χ3v) is 2.26. The van der Waals surface area contributed by atoms with Gasteiger partial charge in [-0.15, -0.1) is 0 Å². The van der Waals surface area contributed by atoms with E-state index in [1.807, 2.05) is 6.07 Å². The Balaban J connectivity index is 2.95. The summed E-state index contributed by atoms with van der Waals surface area (Å²) in [7, 11) is 2.06. The van der Waals surface area contributed by atoms with Crippen LogP contribution in [0.3, 0.4) is 0 Å². The lowest BCUT2D eigenvalue weighted by Crippen LogP contribution is -2.19. The van der Waals surface area contributed by atoms with Gasteiger partial charge in [-0.05, 0) is 32.4 Å². The van der Waals surface area contributed by atoms with E-state index in [0.29, 0.717) is 0 Å². The van der Waals surface area contributed by atoms with Crippen LogP contribution in [0.15, 0.2) is 12.1 Å². The van der Waals surface area contributed by atoms with Gasteiger partial charge in [-0.2, -0.15) is 0 Å². The normalized spacial score (nSPS) is 10.0. The molecule has 0 atom stereocenters. The predicted molar refractivity (Wildman–Crippen MR) is 62.1 cm³/mol. The first kappa shape index (κ1) is 10.8. The molecule has 1 rings (SSSR count). The maximum atomic E-state index is 4.55. The van der Waals surface area contributed by atoms with Gasteiger partial charge in [-0.3, -0.25) is 0 Å². The molecule has 0 aromatic carbocycles. The fourth-order valence-electron chi connectivity index (χ4n) is 1.33. The molecule has 1 N–H and O–H groups in total. The number of aryl methyl sites for hydroxylation is 1. The van der Waals surface area contributed by atoms with E-state index < -0.39 is 0 Å². The maximum Gasteiger partial charge on any atom is 0.133 e. The molecule has 1 aromatic heterocycles. The lowest BCUT2D eigenvalue weighted by atomic mass is 10.2. The highest BCUT2D eigenvalue weighted by molar-refractivity contribution is 5.52. The molecular weight excluding hydrogens is 174 g/mol. The van der Waals surface area contributed by atoms with Crippen LogP contribution in [0.1, 0.15) is 19.4 Å². The average molecular weight is 193 g/mol. The largest absolute Gasteiger partial charge is 0.370 e. The first-order chi connectivity index (χ1) is 6.69. The highest BCUT2D eigenvalue weighted by atomic mass is 15.2. The molecule has 0 aliphatic heterocycles. The van der Waals surface area contributed by atoms with Crippen LogP contribution in [0.4, 0.5) is 11.6 Å². The maximum absolute atomic E-state index is 4.55. The van der Waals surface area contributed by atoms with Gasteiger partial charge in [-0.25, -0.2) is 4.98 Å². The van der Waals surface area contributed by atoms with Gasteiger partial charge in [0.1, 0.15) is 11.6 Å². The SMILES string of the molecule is CCNc1ccc(C)c(N(C)CC)n1. The fraction of sp³-hybridized carbons (Fsp3) is 0.545. The lowest BCUT2D eigenvalue weighted by Gasteiger charge is -2.18. The minimum Gasteiger partial charge on any atom is -0.370 e. The fourth-order valence-corrected chi connectivity index (χ4v) is 1.33. The van der Waals surface area contributed by atoms with Crippen LogP contribution < -0.4 is 10.2 Å². The Labute approximate surface area is 86.2 Å². The van der Waals surface area contributed by atoms with Gasteiger partial charge < -0.3 is 10.2 Å². The minimum absolute atomic E-state index is 0.908. The molecule has 0 saturated carbocycles. The molecule has 0 unspecified atom stereocenters. The Morgan fingerprint density at radius 3 is 2.64 bits per heavy atom. The minimum atomic E-state index is 0.908. The number of pyridine rings is 1. The van der Waals surface area contributed by atoms with Gasteiger partial charge in [0.25, 0.3) is 0 Å². The monoisotopic (exact) mass is 193 g/mol. The van der Waals surface area contributed by atoms with E-state index in [4.69, 9.17) is 0 Å². The first-order valence-electron chi connectivity index (χ1n) is 5.11. The third-order valence-electron chi connectivity index (χ3n) is 2.26. The summed E-state index contributed by atoms with van der Waals surface area (Å²) in [5.41, 5.74) is 1.22. The number of aromatic nitrogens is 1. The number of nitrogens with zero attached hydrogens (tertiary/aromatic N) is 2. The van der Waals surface area contributed by atoms with E-state index in [0.717, 1.165) is 24.7 Å². The molecule has 0 aliphatic rings. The van der Waals surface area contributed by atoms with E-state index in [1.165, 1.54) is 5.56 Å². The Bertz CT molecular complexity index is 297. The zero-order valence-electron chi connectivity index (χ0n) is 9.46. The third kappa shape index (κ3) is 2.37. The van der Waals surface area contributed by atoms with Gasteiger partial charge >= 0.3 is 0 Å². The number of hydrogen-bond acceptors (Lipinski definition) is 3. The summed E-state index contributed by atoms with van der Waals surface area (Å²) < 4.78 is 0. The average Bonchev–Trinajstić information content (AvgIpc) is 2.20. The predicted octanol–water partition coefficient (Wildman–Crippen LogP) is 2.28. The Morgan fingerprint density at radius 2 is 2.07 bits per heavy atom. The Hall–Kier alpha value is -1.25. The summed E-state index contributed by atoms with van der Waals surface area (Å²) in [4.78, 5) is 6.70. The van der Waals surface area contributed by atoms with E-state index in [1.54, 1.807) is 0 Å². The molecule has 3 heteroatoms. The van der Waals surface area contributed by atoms with Gasteiger partial charge in [-0.1, -0.05) is 6.07 Å². The summed E-state index contributed by atoms with van der Waals surface area (Å²) in [5, 5.41) is 3.22. The van der Waals surface area contributed by atoms with Crippen LogP contribution in [-0.4, -0.2) is 25.1 Å². The van der Waals surface area contributed by atoms with E-state index in [-0.39, 0.29) is 0 Å². The quantitative estimate of drug-likeness (QED) is 0.795. The molecule has 0 radical (unpaired) electrons. The van der Waals surface area contributed by atoms with Crippen molar-refractivity contribution in [3.63, 3.8) is 0 Å². The Morgan fingerprint density at radius 1 is 1.36 bits per heavy atom. The molecule has 0 aliphatic carbocycles. The first-order valence-corrected chi connectivity index (χ1v) is 5.11. The van der Waals surface area contributed by atoms with Crippen molar-refractivity contribution in [2.75, 3.05) is 30.4 Å². The lowest BCUT2D eigenvalue weighted by molar-refractivity contribution is 0.928. The van der Waals surface area contributed by atoms with Crippen LogP contribution in [0, 0.1) is 6.92 Å². The van der Waals surface area contributed by atoms with Crippen LogP contribution in [0.5, 0.6) is 0 Å². The number of rotatable bonds is 4. The summed E-state index contributed by atoms with van der Waals surface area (Å²) >= 11 is 0. The van der Waals surface area contributed by atoms with Crippen molar-refractivity contribution in [3.05, 3.63) is 17.7 Å². The molecule has 0 bridgehead atoms. The zero-order valence-corrected chi connectivity index (χ0v) is 9.46. The second-order valence-electron chi connectivity index (χ2n) is 3.38. The van der Waals surface area contributed by atoms with Crippen LogP contribution in [0.25, 0.3) is 0 Å². The molecule has 0 saturated heterocycles. The van der Waals surface area contributed by atoms with Crippen LogP contribution in [-0.2, 0) is 0 Å². The van der Waals surface area contributed by atoms with Crippen molar-refractivity contribution in [1.82, 2.24) is 4.98 Å². The number of hydrogen-bond donors (Lipinski definition) is 1. The van der Waals surface area contributed by atoms with Gasteiger partial charge in [0.2, 0.25) is 0 Å². The molecule has 78 valence electrons. The second-order valence-corrected chi connectivity index (χ2v) is 3.38. The molecular formula is C11H19N3. The Kier molecular flexibility index (Phi) is 3.74. The van der Waals surface area contributed by atoms with Crippen molar-refractivity contribution in [2.45, 2.75) is 20.8 Å². The van der Waals surface area contributed by atoms with E-state index >= 15 is 0 Å². The highest BCUT2D eigenvalue weighted by Gasteiger charge is 2.05. The van der Waals surface area contributed by atoms with Crippen LogP contribution in [0.2, 0.25) is 0 Å². The van der Waals surface area contributed by atoms with Crippen molar-refractivity contribution in [3.8, 4) is 0 Å². The van der Waals surface area contributed by atoms with E-state index in [9.17, 15) is 0 Å². The second kappa shape index (κ2) is 4.84. The summed E-state index contributed by atoms with van der Waals surface area (Å²) in [6, 6.07) is 4.12. The zero-order chi connectivity index (χ0) is 10.6. The highest BCUT2D eigenvalue weighted by Crippen LogP contribution is 2.18. The summed E-state index contributed by atoms with van der Waals surface area (Å²) in [6.45, 7) is 8.17. The summed E-state index contributed by atoms with van der Waals surface area (Å²) in [6.07, 6.45) is 0. The molecule has 1 heterocycles. The van der Waals surface area contributed by atoms with Crippen LogP contribution >= 0.6 is 0 Å². The molecule has 0 fully saturated rings. The smallest absolute Gasteiger partial charge is 0.133 e. The van der Waals surface area contributed by atoms with Crippen molar-refractivity contribution in [2.24, 2.45) is 0 Å².